The van der Waals surface area contributed by atoms with Gasteiger partial charge in [-0.2, -0.15) is 5.06 Å². The van der Waals surface area contributed by atoms with Gasteiger partial charge in [0.05, 0.1) is 13.2 Å². The quantitative estimate of drug-likeness (QED) is 0.933. The molecule has 0 amide bonds. The largest absolute Gasteiger partial charge is 0.314 e. The first-order valence-electron chi connectivity index (χ1n) is 7.51. The van der Waals surface area contributed by atoms with E-state index in [2.05, 4.69) is 71.0 Å². The van der Waals surface area contributed by atoms with E-state index in [1.54, 1.807) is 7.11 Å². The van der Waals surface area contributed by atoms with Crippen LogP contribution in [0.15, 0.2) is 60.7 Å². The third-order valence-corrected chi connectivity index (χ3v) is 4.17. The standard InChI is InChI=1S/C18H22N2O/c1-21-20-13-12-19-14-17(20)18(15-8-4-2-5-9-15)16-10-6-3-7-11-16/h2-11,17-19H,12-14H2,1H3. The molecule has 0 radical (unpaired) electrons. The molecular formula is C18H22N2O. The maximum Gasteiger partial charge on any atom is 0.0586 e. The molecule has 3 rings (SSSR count). The molecule has 1 aliphatic heterocycles. The zero-order chi connectivity index (χ0) is 14.5. The van der Waals surface area contributed by atoms with Crippen molar-refractivity contribution in [2.75, 3.05) is 26.7 Å². The second-order valence-electron chi connectivity index (χ2n) is 5.39. The number of hydroxylamine groups is 2. The summed E-state index contributed by atoms with van der Waals surface area (Å²) >= 11 is 0. The molecule has 0 bridgehead atoms. The Morgan fingerprint density at radius 3 is 2.10 bits per heavy atom. The molecule has 3 heteroatoms. The summed E-state index contributed by atoms with van der Waals surface area (Å²) in [6, 6.07) is 21.7. The monoisotopic (exact) mass is 282 g/mol. The molecule has 0 aromatic heterocycles. The summed E-state index contributed by atoms with van der Waals surface area (Å²) in [6.45, 7) is 2.82. The predicted molar refractivity (Wildman–Crippen MR) is 85.1 cm³/mol. The van der Waals surface area contributed by atoms with Gasteiger partial charge < -0.3 is 10.2 Å². The van der Waals surface area contributed by atoms with Gasteiger partial charge in [0.1, 0.15) is 0 Å². The van der Waals surface area contributed by atoms with Gasteiger partial charge in [0.2, 0.25) is 0 Å². The van der Waals surface area contributed by atoms with Crippen molar-refractivity contribution >= 4 is 0 Å². The van der Waals surface area contributed by atoms with E-state index in [0.717, 1.165) is 19.6 Å². The molecule has 0 aliphatic carbocycles. The number of nitrogens with one attached hydrogen (secondary N) is 1. The molecule has 1 atom stereocenters. The summed E-state index contributed by atoms with van der Waals surface area (Å²) in [7, 11) is 1.77. The van der Waals surface area contributed by atoms with Crippen LogP contribution in [0.3, 0.4) is 0 Å². The van der Waals surface area contributed by atoms with Gasteiger partial charge in [-0.25, -0.2) is 0 Å². The van der Waals surface area contributed by atoms with Crippen LogP contribution in [-0.2, 0) is 4.84 Å². The molecule has 1 N–H and O–H groups in total. The van der Waals surface area contributed by atoms with Gasteiger partial charge in [-0.05, 0) is 11.1 Å². The predicted octanol–water partition coefficient (Wildman–Crippen LogP) is 2.65. The van der Waals surface area contributed by atoms with Crippen molar-refractivity contribution in [2.45, 2.75) is 12.0 Å². The Kier molecular flexibility index (Phi) is 4.65. The van der Waals surface area contributed by atoms with E-state index in [1.165, 1.54) is 11.1 Å². The summed E-state index contributed by atoms with van der Waals surface area (Å²) in [5, 5.41) is 5.61. The van der Waals surface area contributed by atoms with Crippen LogP contribution in [0.1, 0.15) is 17.0 Å². The van der Waals surface area contributed by atoms with Crippen molar-refractivity contribution in [1.29, 1.82) is 0 Å². The fraction of sp³-hybridized carbons (Fsp3) is 0.333. The number of rotatable bonds is 4. The molecule has 1 unspecified atom stereocenters. The van der Waals surface area contributed by atoms with E-state index < -0.39 is 0 Å². The molecule has 0 saturated carbocycles. The van der Waals surface area contributed by atoms with Crippen LogP contribution >= 0.6 is 0 Å². The van der Waals surface area contributed by atoms with E-state index in [-0.39, 0.29) is 0 Å². The van der Waals surface area contributed by atoms with Crippen molar-refractivity contribution in [3.8, 4) is 0 Å². The summed E-state index contributed by atoms with van der Waals surface area (Å²) in [6.07, 6.45) is 0. The van der Waals surface area contributed by atoms with E-state index >= 15 is 0 Å². The highest BCUT2D eigenvalue weighted by Crippen LogP contribution is 2.31. The van der Waals surface area contributed by atoms with E-state index in [1.807, 2.05) is 0 Å². The Hall–Kier alpha value is -1.68. The molecule has 2 aromatic carbocycles. The molecule has 0 spiro atoms. The average molecular weight is 282 g/mol. The minimum atomic E-state index is 0.300. The van der Waals surface area contributed by atoms with E-state index in [4.69, 9.17) is 4.84 Å². The number of hydrogen-bond donors (Lipinski definition) is 1. The highest BCUT2D eigenvalue weighted by atomic mass is 16.7. The second kappa shape index (κ2) is 6.85. The lowest BCUT2D eigenvalue weighted by Gasteiger charge is -2.39. The summed E-state index contributed by atoms with van der Waals surface area (Å²) in [4.78, 5) is 5.62. The minimum Gasteiger partial charge on any atom is -0.314 e. The van der Waals surface area contributed by atoms with Gasteiger partial charge in [0.25, 0.3) is 0 Å². The van der Waals surface area contributed by atoms with Crippen LogP contribution in [-0.4, -0.2) is 37.8 Å². The molecule has 2 aromatic rings. The van der Waals surface area contributed by atoms with Crippen LogP contribution in [0.2, 0.25) is 0 Å². The number of piperazine rings is 1. The normalized spacial score (nSPS) is 19.8. The van der Waals surface area contributed by atoms with E-state index in [0.29, 0.717) is 12.0 Å². The van der Waals surface area contributed by atoms with Gasteiger partial charge in [-0.15, -0.1) is 0 Å². The Morgan fingerprint density at radius 1 is 1.00 bits per heavy atom. The van der Waals surface area contributed by atoms with Gasteiger partial charge in [0, 0.05) is 25.6 Å². The Labute approximate surface area is 126 Å². The van der Waals surface area contributed by atoms with Crippen molar-refractivity contribution in [3.63, 3.8) is 0 Å². The highest BCUT2D eigenvalue weighted by molar-refractivity contribution is 5.34. The van der Waals surface area contributed by atoms with Gasteiger partial charge >= 0.3 is 0 Å². The smallest absolute Gasteiger partial charge is 0.0586 e. The zero-order valence-corrected chi connectivity index (χ0v) is 12.4. The molecule has 1 fully saturated rings. The molecule has 3 nitrogen and oxygen atoms in total. The Balaban J connectivity index is 2.00. The lowest BCUT2D eigenvalue weighted by Crippen LogP contribution is -2.53. The zero-order valence-electron chi connectivity index (χ0n) is 12.4. The first-order chi connectivity index (χ1) is 10.4. The maximum absolute atomic E-state index is 5.62. The van der Waals surface area contributed by atoms with Crippen LogP contribution in [0, 0.1) is 0 Å². The van der Waals surface area contributed by atoms with Crippen molar-refractivity contribution in [3.05, 3.63) is 71.8 Å². The first kappa shape index (κ1) is 14.3. The summed E-state index contributed by atoms with van der Waals surface area (Å²) in [5.74, 6) is 0.306. The molecule has 21 heavy (non-hydrogen) atoms. The van der Waals surface area contributed by atoms with Crippen LogP contribution in [0.4, 0.5) is 0 Å². The third-order valence-electron chi connectivity index (χ3n) is 4.17. The molecule has 1 aliphatic rings. The maximum atomic E-state index is 5.62. The van der Waals surface area contributed by atoms with Crippen molar-refractivity contribution < 1.29 is 4.84 Å². The van der Waals surface area contributed by atoms with Gasteiger partial charge in [-0.3, -0.25) is 0 Å². The SMILES string of the molecule is CON1CCNCC1C(c1ccccc1)c1ccccc1. The Bertz CT molecular complexity index is 504. The molecular weight excluding hydrogens is 260 g/mol. The van der Waals surface area contributed by atoms with Crippen LogP contribution in [0.5, 0.6) is 0 Å². The average Bonchev–Trinajstić information content (AvgIpc) is 2.58. The van der Waals surface area contributed by atoms with Crippen LogP contribution < -0.4 is 5.32 Å². The minimum absolute atomic E-state index is 0.300. The lowest BCUT2D eigenvalue weighted by molar-refractivity contribution is -0.172. The highest BCUT2D eigenvalue weighted by Gasteiger charge is 2.32. The fourth-order valence-electron chi connectivity index (χ4n) is 3.18. The summed E-state index contributed by atoms with van der Waals surface area (Å²) in [5.41, 5.74) is 2.67. The number of nitrogens with zero attached hydrogens (tertiary/aromatic N) is 1. The third kappa shape index (κ3) is 3.16. The lowest BCUT2D eigenvalue weighted by atomic mass is 9.84. The molecule has 110 valence electrons. The van der Waals surface area contributed by atoms with E-state index in [9.17, 15) is 0 Å². The topological polar surface area (TPSA) is 24.5 Å². The number of benzene rings is 2. The first-order valence-corrected chi connectivity index (χ1v) is 7.51. The number of hydrogen-bond acceptors (Lipinski definition) is 3. The van der Waals surface area contributed by atoms with Gasteiger partial charge in [0.15, 0.2) is 0 Å². The summed E-state index contributed by atoms with van der Waals surface area (Å²) < 4.78 is 0. The van der Waals surface area contributed by atoms with Crippen molar-refractivity contribution in [1.82, 2.24) is 10.4 Å². The second-order valence-corrected chi connectivity index (χ2v) is 5.39. The molecule has 1 heterocycles. The Morgan fingerprint density at radius 2 is 1.57 bits per heavy atom. The fourth-order valence-corrected chi connectivity index (χ4v) is 3.18. The van der Waals surface area contributed by atoms with Crippen molar-refractivity contribution in [2.24, 2.45) is 0 Å². The van der Waals surface area contributed by atoms with Gasteiger partial charge in [-0.1, -0.05) is 60.7 Å². The van der Waals surface area contributed by atoms with Crippen LogP contribution in [0.25, 0.3) is 0 Å². The molecule has 1 saturated heterocycles.